The summed E-state index contributed by atoms with van der Waals surface area (Å²) in [5, 5.41) is 7.76. The lowest BCUT2D eigenvalue weighted by atomic mass is 10.1. The summed E-state index contributed by atoms with van der Waals surface area (Å²) in [5.74, 6) is 0.758. The second-order valence-corrected chi connectivity index (χ2v) is 7.99. The number of nitrogens with zero attached hydrogens (tertiary/aromatic N) is 3. The van der Waals surface area contributed by atoms with Crippen molar-refractivity contribution in [3.05, 3.63) is 41.5 Å². The van der Waals surface area contributed by atoms with Crippen molar-refractivity contribution in [3.8, 4) is 11.8 Å². The van der Waals surface area contributed by atoms with E-state index in [1.165, 1.54) is 11.4 Å². The number of methoxy groups -OCH3 is 1. The monoisotopic (exact) mass is 363 g/mol. The van der Waals surface area contributed by atoms with Gasteiger partial charge in [-0.25, -0.2) is 8.42 Å². The first kappa shape index (κ1) is 17.6. The zero-order valence-corrected chi connectivity index (χ0v) is 15.3. The van der Waals surface area contributed by atoms with Crippen LogP contribution in [0.3, 0.4) is 0 Å². The Kier molecular flexibility index (Phi) is 4.91. The molecular weight excluding hydrogens is 342 g/mol. The molecule has 1 unspecified atom stereocenters. The van der Waals surface area contributed by atoms with Gasteiger partial charge in [0, 0.05) is 18.7 Å². The van der Waals surface area contributed by atoms with Crippen molar-refractivity contribution in [2.24, 2.45) is 0 Å². The molecule has 1 aliphatic heterocycles. The summed E-state index contributed by atoms with van der Waals surface area (Å²) in [6.45, 7) is 4.58. The van der Waals surface area contributed by atoms with E-state index in [2.05, 4.69) is 10.2 Å². The smallest absolute Gasteiger partial charge is 0.243 e. The van der Waals surface area contributed by atoms with E-state index in [9.17, 15) is 8.42 Å². The van der Waals surface area contributed by atoms with Crippen molar-refractivity contribution < 1.29 is 17.9 Å². The van der Waals surface area contributed by atoms with Gasteiger partial charge in [0.1, 0.15) is 6.10 Å². The summed E-state index contributed by atoms with van der Waals surface area (Å²) < 4.78 is 37.8. The lowest BCUT2D eigenvalue weighted by Crippen LogP contribution is -2.31. The molecule has 25 heavy (non-hydrogen) atoms. The molecule has 3 rings (SSSR count). The van der Waals surface area contributed by atoms with Crippen LogP contribution in [-0.4, -0.2) is 49.2 Å². The van der Waals surface area contributed by atoms with Crippen LogP contribution in [0.1, 0.15) is 17.5 Å². The van der Waals surface area contributed by atoms with E-state index in [1.807, 2.05) is 19.9 Å². The van der Waals surface area contributed by atoms with Crippen LogP contribution in [0.25, 0.3) is 0 Å². The van der Waals surface area contributed by atoms with Gasteiger partial charge in [-0.05, 0) is 43.5 Å². The third-order valence-electron chi connectivity index (χ3n) is 4.34. The molecule has 7 nitrogen and oxygen atoms in total. The molecule has 0 bridgehead atoms. The van der Waals surface area contributed by atoms with Gasteiger partial charge < -0.3 is 9.47 Å². The maximum atomic E-state index is 12.8. The Morgan fingerprint density at radius 2 is 1.80 bits per heavy atom. The number of rotatable bonds is 5. The molecular formula is C17H21N3O4S. The van der Waals surface area contributed by atoms with Crippen LogP contribution in [0.2, 0.25) is 0 Å². The summed E-state index contributed by atoms with van der Waals surface area (Å²) in [5.41, 5.74) is 2.03. The average Bonchev–Trinajstić information content (AvgIpc) is 3.07. The fourth-order valence-corrected chi connectivity index (χ4v) is 4.26. The van der Waals surface area contributed by atoms with Gasteiger partial charge in [0.25, 0.3) is 0 Å². The van der Waals surface area contributed by atoms with Gasteiger partial charge >= 0.3 is 0 Å². The van der Waals surface area contributed by atoms with E-state index in [0.717, 1.165) is 11.1 Å². The predicted octanol–water partition coefficient (Wildman–Crippen LogP) is 1.94. The first-order chi connectivity index (χ1) is 11.9. The standard InChI is InChI=1S/C17H21N3O4S/c1-12-4-5-15(10-13(12)2)25(21,22)20-9-8-14(11-20)24-17-7-6-16(23-3)18-19-17/h4-7,10,14H,8-9,11H2,1-3H3. The van der Waals surface area contributed by atoms with Gasteiger partial charge in [-0.3, -0.25) is 0 Å². The Labute approximate surface area is 147 Å². The Morgan fingerprint density at radius 3 is 2.44 bits per heavy atom. The van der Waals surface area contributed by atoms with E-state index in [4.69, 9.17) is 9.47 Å². The molecule has 8 heteroatoms. The fourth-order valence-electron chi connectivity index (χ4n) is 2.69. The topological polar surface area (TPSA) is 81.6 Å². The summed E-state index contributed by atoms with van der Waals surface area (Å²) in [6.07, 6.45) is 0.363. The molecule has 1 atom stereocenters. The number of benzene rings is 1. The maximum absolute atomic E-state index is 12.8. The van der Waals surface area contributed by atoms with Crippen LogP contribution in [0.5, 0.6) is 11.8 Å². The van der Waals surface area contributed by atoms with Crippen LogP contribution in [0.4, 0.5) is 0 Å². The predicted molar refractivity (Wildman–Crippen MR) is 92.3 cm³/mol. The molecule has 1 fully saturated rings. The Morgan fingerprint density at radius 1 is 1.08 bits per heavy atom. The minimum Gasteiger partial charge on any atom is -0.480 e. The summed E-state index contributed by atoms with van der Waals surface area (Å²) in [6, 6.07) is 8.51. The quantitative estimate of drug-likeness (QED) is 0.807. The highest BCUT2D eigenvalue weighted by Crippen LogP contribution is 2.25. The van der Waals surface area contributed by atoms with Crippen molar-refractivity contribution in [2.75, 3.05) is 20.2 Å². The third-order valence-corrected chi connectivity index (χ3v) is 6.20. The zero-order chi connectivity index (χ0) is 18.0. The first-order valence-electron chi connectivity index (χ1n) is 8.02. The fraction of sp³-hybridized carbons (Fsp3) is 0.412. The van der Waals surface area contributed by atoms with Gasteiger partial charge in [0.05, 0.1) is 18.6 Å². The van der Waals surface area contributed by atoms with Crippen LogP contribution < -0.4 is 9.47 Å². The Hall–Kier alpha value is -2.19. The molecule has 2 heterocycles. The van der Waals surface area contributed by atoms with Gasteiger partial charge in [-0.1, -0.05) is 6.07 Å². The number of sulfonamides is 1. The molecule has 2 aromatic rings. The minimum absolute atomic E-state index is 0.246. The number of ether oxygens (including phenoxy) is 2. The normalized spacial score (nSPS) is 18.3. The second kappa shape index (κ2) is 6.97. The molecule has 1 aliphatic rings. The van der Waals surface area contributed by atoms with Crippen molar-refractivity contribution in [3.63, 3.8) is 0 Å². The molecule has 0 saturated carbocycles. The molecule has 0 radical (unpaired) electrons. The molecule has 0 amide bonds. The lowest BCUT2D eigenvalue weighted by molar-refractivity contribution is 0.203. The molecule has 0 N–H and O–H groups in total. The van der Waals surface area contributed by atoms with E-state index in [-0.39, 0.29) is 6.10 Å². The van der Waals surface area contributed by atoms with E-state index in [1.54, 1.807) is 24.3 Å². The molecule has 0 spiro atoms. The molecule has 1 saturated heterocycles. The minimum atomic E-state index is -3.52. The number of aryl methyl sites for hydroxylation is 2. The second-order valence-electron chi connectivity index (χ2n) is 6.05. The number of hydrogen-bond donors (Lipinski definition) is 0. The van der Waals surface area contributed by atoms with E-state index in [0.29, 0.717) is 36.2 Å². The molecule has 0 aliphatic carbocycles. The summed E-state index contributed by atoms with van der Waals surface area (Å²) in [7, 11) is -2.01. The summed E-state index contributed by atoms with van der Waals surface area (Å²) >= 11 is 0. The number of aromatic nitrogens is 2. The van der Waals surface area contributed by atoms with Gasteiger partial charge in [-0.2, -0.15) is 4.31 Å². The van der Waals surface area contributed by atoms with Gasteiger partial charge in [0.2, 0.25) is 21.8 Å². The Balaban J connectivity index is 1.69. The highest BCUT2D eigenvalue weighted by Gasteiger charge is 2.34. The largest absolute Gasteiger partial charge is 0.480 e. The van der Waals surface area contributed by atoms with E-state index >= 15 is 0 Å². The molecule has 1 aromatic heterocycles. The van der Waals surface area contributed by atoms with Crippen molar-refractivity contribution >= 4 is 10.0 Å². The van der Waals surface area contributed by atoms with Crippen molar-refractivity contribution in [1.82, 2.24) is 14.5 Å². The third kappa shape index (κ3) is 3.74. The van der Waals surface area contributed by atoms with Crippen LogP contribution in [0.15, 0.2) is 35.2 Å². The van der Waals surface area contributed by atoms with Gasteiger partial charge in [0.15, 0.2) is 0 Å². The highest BCUT2D eigenvalue weighted by atomic mass is 32.2. The van der Waals surface area contributed by atoms with Crippen LogP contribution in [0, 0.1) is 13.8 Å². The maximum Gasteiger partial charge on any atom is 0.243 e. The molecule has 134 valence electrons. The van der Waals surface area contributed by atoms with Gasteiger partial charge in [-0.15, -0.1) is 10.2 Å². The van der Waals surface area contributed by atoms with Crippen LogP contribution >= 0.6 is 0 Å². The van der Waals surface area contributed by atoms with Crippen molar-refractivity contribution in [2.45, 2.75) is 31.3 Å². The zero-order valence-electron chi connectivity index (χ0n) is 14.5. The molecule has 1 aromatic carbocycles. The Bertz CT molecular complexity index is 853. The summed E-state index contributed by atoms with van der Waals surface area (Å²) in [4.78, 5) is 0.320. The van der Waals surface area contributed by atoms with Crippen LogP contribution in [-0.2, 0) is 10.0 Å². The average molecular weight is 363 g/mol. The van der Waals surface area contributed by atoms with Crippen molar-refractivity contribution in [1.29, 1.82) is 0 Å². The SMILES string of the molecule is COc1ccc(OC2CCN(S(=O)(=O)c3ccc(C)c(C)c3)C2)nn1. The van der Waals surface area contributed by atoms with E-state index < -0.39 is 10.0 Å². The lowest BCUT2D eigenvalue weighted by Gasteiger charge is -2.17. The first-order valence-corrected chi connectivity index (χ1v) is 9.46. The number of hydrogen-bond acceptors (Lipinski definition) is 6. The highest BCUT2D eigenvalue weighted by molar-refractivity contribution is 7.89.